The number of fused-ring (bicyclic) bond motifs is 3. The third kappa shape index (κ3) is 2.51. The highest BCUT2D eigenvalue weighted by molar-refractivity contribution is 7.18. The quantitative estimate of drug-likeness (QED) is 0.730. The van der Waals surface area contributed by atoms with Crippen molar-refractivity contribution < 1.29 is 9.13 Å². The van der Waals surface area contributed by atoms with E-state index in [1.54, 1.807) is 28.3 Å². The summed E-state index contributed by atoms with van der Waals surface area (Å²) in [6.07, 6.45) is 5.82. The van der Waals surface area contributed by atoms with Crippen LogP contribution in [-0.2, 0) is 19.4 Å². The first-order valence-corrected chi connectivity index (χ1v) is 8.81. The Balaban J connectivity index is 1.82. The van der Waals surface area contributed by atoms with Crippen molar-refractivity contribution in [3.8, 4) is 5.75 Å². The zero-order valence-corrected chi connectivity index (χ0v) is 14.2. The molecule has 0 saturated carbocycles. The number of nitrogens with zero attached hydrogens (tertiary/aromatic N) is 2. The Bertz CT molecular complexity index is 977. The van der Waals surface area contributed by atoms with Gasteiger partial charge in [-0.15, -0.1) is 11.3 Å². The van der Waals surface area contributed by atoms with Crippen LogP contribution < -0.4 is 10.3 Å². The number of halogens is 1. The molecule has 124 valence electrons. The smallest absolute Gasteiger partial charge is 0.262 e. The summed E-state index contributed by atoms with van der Waals surface area (Å²) in [5.41, 5.74) is 1.75. The number of aromatic nitrogens is 2. The largest absolute Gasteiger partial charge is 0.496 e. The summed E-state index contributed by atoms with van der Waals surface area (Å²) in [5, 5.41) is 0.743. The third-order valence-corrected chi connectivity index (χ3v) is 5.72. The molecule has 0 saturated heterocycles. The Kier molecular flexibility index (Phi) is 3.84. The number of rotatable bonds is 3. The minimum atomic E-state index is -0.346. The van der Waals surface area contributed by atoms with Crippen LogP contribution in [0.4, 0.5) is 4.39 Å². The maximum absolute atomic E-state index is 13.6. The molecule has 0 atom stereocenters. The van der Waals surface area contributed by atoms with Gasteiger partial charge in [-0.1, -0.05) is 0 Å². The molecule has 24 heavy (non-hydrogen) atoms. The van der Waals surface area contributed by atoms with Gasteiger partial charge in [0.15, 0.2) is 0 Å². The summed E-state index contributed by atoms with van der Waals surface area (Å²) in [4.78, 5) is 19.5. The van der Waals surface area contributed by atoms with Crippen LogP contribution in [0.1, 0.15) is 28.8 Å². The van der Waals surface area contributed by atoms with E-state index in [-0.39, 0.29) is 17.9 Å². The molecule has 1 aromatic carbocycles. The van der Waals surface area contributed by atoms with Gasteiger partial charge in [-0.25, -0.2) is 9.37 Å². The van der Waals surface area contributed by atoms with Gasteiger partial charge in [-0.2, -0.15) is 0 Å². The maximum atomic E-state index is 13.6. The highest BCUT2D eigenvalue weighted by Gasteiger charge is 2.20. The van der Waals surface area contributed by atoms with E-state index < -0.39 is 0 Å². The predicted octanol–water partition coefficient (Wildman–Crippen LogP) is 3.53. The lowest BCUT2D eigenvalue weighted by molar-refractivity contribution is 0.406. The van der Waals surface area contributed by atoms with E-state index in [0.717, 1.165) is 29.5 Å². The number of ether oxygens (including phenoxy) is 1. The van der Waals surface area contributed by atoms with Crippen LogP contribution in [0.25, 0.3) is 10.2 Å². The molecule has 0 aliphatic heterocycles. The molecule has 0 unspecified atom stereocenters. The molecule has 0 radical (unpaired) electrons. The second-order valence-electron chi connectivity index (χ2n) is 6.02. The first kappa shape index (κ1) is 15.3. The van der Waals surface area contributed by atoms with Crippen LogP contribution in [0.3, 0.4) is 0 Å². The SMILES string of the molecule is COc1ccc(F)cc1Cn1cnc2sc3c(c2c1=O)CCCC3. The van der Waals surface area contributed by atoms with Gasteiger partial charge in [0.2, 0.25) is 0 Å². The molecular weight excluding hydrogens is 327 g/mol. The molecule has 1 aliphatic rings. The lowest BCUT2D eigenvalue weighted by Gasteiger charge is -2.12. The van der Waals surface area contributed by atoms with E-state index in [0.29, 0.717) is 11.3 Å². The molecule has 0 N–H and O–H groups in total. The number of benzene rings is 1. The Hall–Kier alpha value is -2.21. The highest BCUT2D eigenvalue weighted by atomic mass is 32.1. The van der Waals surface area contributed by atoms with Gasteiger partial charge in [-0.05, 0) is 49.4 Å². The first-order chi connectivity index (χ1) is 11.7. The summed E-state index contributed by atoms with van der Waals surface area (Å²) >= 11 is 1.63. The van der Waals surface area contributed by atoms with Crippen molar-refractivity contribution >= 4 is 21.6 Å². The monoisotopic (exact) mass is 344 g/mol. The van der Waals surface area contributed by atoms with Gasteiger partial charge in [-0.3, -0.25) is 9.36 Å². The average Bonchev–Trinajstić information content (AvgIpc) is 2.97. The van der Waals surface area contributed by atoms with Gasteiger partial charge in [0.1, 0.15) is 16.4 Å². The maximum Gasteiger partial charge on any atom is 0.262 e. The number of hydrogen-bond donors (Lipinski definition) is 0. The summed E-state index contributed by atoms with van der Waals surface area (Å²) < 4.78 is 20.4. The topological polar surface area (TPSA) is 44.1 Å². The van der Waals surface area contributed by atoms with Crippen molar-refractivity contribution in [2.75, 3.05) is 7.11 Å². The van der Waals surface area contributed by atoms with E-state index in [1.807, 2.05) is 0 Å². The van der Waals surface area contributed by atoms with Crippen molar-refractivity contribution in [2.45, 2.75) is 32.2 Å². The van der Waals surface area contributed by atoms with Crippen molar-refractivity contribution in [1.29, 1.82) is 0 Å². The Labute approximate surface area is 142 Å². The number of methoxy groups -OCH3 is 1. The van der Waals surface area contributed by atoms with Crippen LogP contribution in [0, 0.1) is 5.82 Å². The second-order valence-corrected chi connectivity index (χ2v) is 7.11. The minimum Gasteiger partial charge on any atom is -0.496 e. The standard InChI is InChI=1S/C18H17FN2O2S/c1-23-14-7-6-12(19)8-11(14)9-21-10-20-17-16(18(21)22)13-4-2-3-5-15(13)24-17/h6-8,10H,2-5,9H2,1H3. The van der Waals surface area contributed by atoms with Gasteiger partial charge in [0.25, 0.3) is 5.56 Å². The number of thiophene rings is 1. The zero-order valence-electron chi connectivity index (χ0n) is 13.3. The van der Waals surface area contributed by atoms with Gasteiger partial charge in [0.05, 0.1) is 25.4 Å². The molecule has 2 aromatic heterocycles. The molecular formula is C18H17FN2O2S. The van der Waals surface area contributed by atoms with Crippen LogP contribution in [-0.4, -0.2) is 16.7 Å². The number of aryl methyl sites for hydroxylation is 2. The van der Waals surface area contributed by atoms with Gasteiger partial charge < -0.3 is 4.74 Å². The molecule has 0 fully saturated rings. The predicted molar refractivity (Wildman–Crippen MR) is 92.6 cm³/mol. The summed E-state index contributed by atoms with van der Waals surface area (Å²) in [6, 6.07) is 4.33. The fourth-order valence-electron chi connectivity index (χ4n) is 3.35. The summed E-state index contributed by atoms with van der Waals surface area (Å²) in [5.74, 6) is 0.219. The Morgan fingerprint density at radius 1 is 1.33 bits per heavy atom. The lowest BCUT2D eigenvalue weighted by atomic mass is 9.97. The molecule has 1 aliphatic carbocycles. The normalized spacial score (nSPS) is 13.9. The van der Waals surface area contributed by atoms with Crippen LogP contribution in [0.2, 0.25) is 0 Å². The van der Waals surface area contributed by atoms with E-state index in [2.05, 4.69) is 4.98 Å². The Morgan fingerprint density at radius 3 is 3.00 bits per heavy atom. The fraction of sp³-hybridized carbons (Fsp3) is 0.333. The van der Waals surface area contributed by atoms with Gasteiger partial charge in [0, 0.05) is 10.4 Å². The third-order valence-electron chi connectivity index (χ3n) is 4.52. The molecule has 3 aromatic rings. The van der Waals surface area contributed by atoms with Crippen LogP contribution >= 0.6 is 11.3 Å². The molecule has 0 spiro atoms. The van der Waals surface area contributed by atoms with Gasteiger partial charge >= 0.3 is 0 Å². The zero-order chi connectivity index (χ0) is 16.7. The van der Waals surface area contributed by atoms with E-state index in [1.165, 1.54) is 36.1 Å². The van der Waals surface area contributed by atoms with Crippen molar-refractivity contribution in [3.05, 3.63) is 56.7 Å². The van der Waals surface area contributed by atoms with Crippen molar-refractivity contribution in [1.82, 2.24) is 9.55 Å². The lowest BCUT2D eigenvalue weighted by Crippen LogP contribution is -2.22. The summed E-state index contributed by atoms with van der Waals surface area (Å²) in [7, 11) is 1.54. The van der Waals surface area contributed by atoms with E-state index in [9.17, 15) is 9.18 Å². The molecule has 0 bridgehead atoms. The molecule has 0 amide bonds. The fourth-order valence-corrected chi connectivity index (χ4v) is 4.57. The van der Waals surface area contributed by atoms with E-state index >= 15 is 0 Å². The molecule has 2 heterocycles. The molecule has 4 rings (SSSR count). The molecule has 4 nitrogen and oxygen atoms in total. The van der Waals surface area contributed by atoms with E-state index in [4.69, 9.17) is 4.74 Å². The van der Waals surface area contributed by atoms with Crippen LogP contribution in [0.5, 0.6) is 5.75 Å². The average molecular weight is 344 g/mol. The van der Waals surface area contributed by atoms with Crippen molar-refractivity contribution in [2.24, 2.45) is 0 Å². The van der Waals surface area contributed by atoms with Crippen LogP contribution in [0.15, 0.2) is 29.3 Å². The number of hydrogen-bond acceptors (Lipinski definition) is 4. The van der Waals surface area contributed by atoms with Crippen molar-refractivity contribution in [3.63, 3.8) is 0 Å². The first-order valence-electron chi connectivity index (χ1n) is 7.99. The molecule has 6 heteroatoms. The highest BCUT2D eigenvalue weighted by Crippen LogP contribution is 2.33. The summed E-state index contributed by atoms with van der Waals surface area (Å²) in [6.45, 7) is 0.243. The Morgan fingerprint density at radius 2 is 2.17 bits per heavy atom. The minimum absolute atomic E-state index is 0.0503. The second kappa shape index (κ2) is 6.02.